The molecule has 3 rings (SSSR count). The van der Waals surface area contributed by atoms with E-state index in [1.165, 1.54) is 25.9 Å². The van der Waals surface area contributed by atoms with Crippen LogP contribution in [-0.2, 0) is 0 Å². The summed E-state index contributed by atoms with van der Waals surface area (Å²) < 4.78 is 0. The van der Waals surface area contributed by atoms with Crippen molar-refractivity contribution < 1.29 is 9.90 Å². The molecular weight excluding hydrogens is 266 g/mol. The van der Waals surface area contributed by atoms with E-state index in [0.717, 1.165) is 30.8 Å². The van der Waals surface area contributed by atoms with Crippen LogP contribution in [0.25, 0.3) is 0 Å². The van der Waals surface area contributed by atoms with Crippen molar-refractivity contribution in [3.8, 4) is 0 Å². The van der Waals surface area contributed by atoms with Crippen molar-refractivity contribution in [2.24, 2.45) is 0 Å². The van der Waals surface area contributed by atoms with Crippen LogP contribution >= 0.6 is 0 Å². The Morgan fingerprint density at radius 3 is 2.67 bits per heavy atom. The summed E-state index contributed by atoms with van der Waals surface area (Å²) in [6.07, 6.45) is 3.77. The van der Waals surface area contributed by atoms with Gasteiger partial charge in [0.25, 0.3) is 0 Å². The van der Waals surface area contributed by atoms with Crippen LogP contribution in [0.5, 0.6) is 0 Å². The summed E-state index contributed by atoms with van der Waals surface area (Å²) in [6, 6.07) is 4.34. The van der Waals surface area contributed by atoms with Gasteiger partial charge in [-0.3, -0.25) is 4.90 Å². The summed E-state index contributed by atoms with van der Waals surface area (Å²) in [5.41, 5.74) is 8.29. The highest BCUT2D eigenvalue weighted by molar-refractivity contribution is 5.95. The van der Waals surface area contributed by atoms with Crippen molar-refractivity contribution in [1.82, 2.24) is 4.90 Å². The Balaban J connectivity index is 1.80. The van der Waals surface area contributed by atoms with Crippen LogP contribution < -0.4 is 10.6 Å². The van der Waals surface area contributed by atoms with E-state index in [1.54, 1.807) is 6.07 Å². The van der Waals surface area contributed by atoms with Crippen molar-refractivity contribution in [3.63, 3.8) is 0 Å². The Kier molecular flexibility index (Phi) is 3.76. The summed E-state index contributed by atoms with van der Waals surface area (Å²) in [5.74, 6) is -0.951. The number of nitrogen functional groups attached to an aromatic ring is 1. The van der Waals surface area contributed by atoms with Gasteiger partial charge in [-0.1, -0.05) is 0 Å². The Hall–Kier alpha value is -1.75. The van der Waals surface area contributed by atoms with E-state index in [1.807, 2.05) is 13.0 Å². The van der Waals surface area contributed by atoms with Gasteiger partial charge in [-0.05, 0) is 57.0 Å². The standard InChI is InChI=1S/C16H23N3O2/c1-11-8-13(9-14(15(11)17)16(20)21)19-7-4-12(10-19)18-5-2-3-6-18/h8-9,12H,2-7,10,17H2,1H3,(H,20,21). The molecule has 0 radical (unpaired) electrons. The largest absolute Gasteiger partial charge is 0.478 e. The fourth-order valence-corrected chi connectivity index (χ4v) is 3.52. The lowest BCUT2D eigenvalue weighted by molar-refractivity contribution is 0.0698. The van der Waals surface area contributed by atoms with Gasteiger partial charge >= 0.3 is 5.97 Å². The molecule has 0 amide bonds. The van der Waals surface area contributed by atoms with Crippen molar-refractivity contribution in [3.05, 3.63) is 23.3 Å². The minimum absolute atomic E-state index is 0.217. The molecule has 2 saturated heterocycles. The summed E-state index contributed by atoms with van der Waals surface area (Å²) in [6.45, 7) is 6.27. The number of carboxylic acids is 1. The monoisotopic (exact) mass is 289 g/mol. The van der Waals surface area contributed by atoms with E-state index >= 15 is 0 Å². The first-order valence-electron chi connectivity index (χ1n) is 7.68. The Morgan fingerprint density at radius 1 is 1.29 bits per heavy atom. The number of rotatable bonds is 3. The Bertz CT molecular complexity index is 553. The third kappa shape index (κ3) is 2.70. The van der Waals surface area contributed by atoms with Crippen LogP contribution in [0.15, 0.2) is 12.1 Å². The number of aryl methyl sites for hydroxylation is 1. The van der Waals surface area contributed by atoms with E-state index in [0.29, 0.717) is 11.7 Å². The van der Waals surface area contributed by atoms with Gasteiger partial charge in [-0.15, -0.1) is 0 Å². The van der Waals surface area contributed by atoms with E-state index in [-0.39, 0.29) is 5.56 Å². The highest BCUT2D eigenvalue weighted by atomic mass is 16.4. The van der Waals surface area contributed by atoms with Crippen molar-refractivity contribution in [2.45, 2.75) is 32.2 Å². The average molecular weight is 289 g/mol. The maximum atomic E-state index is 11.3. The first-order valence-corrected chi connectivity index (χ1v) is 7.68. The summed E-state index contributed by atoms with van der Waals surface area (Å²) in [5, 5.41) is 9.28. The Labute approximate surface area is 125 Å². The summed E-state index contributed by atoms with van der Waals surface area (Å²) in [4.78, 5) is 16.2. The lowest BCUT2D eigenvalue weighted by Gasteiger charge is -2.25. The lowest BCUT2D eigenvalue weighted by atomic mass is 10.1. The van der Waals surface area contributed by atoms with Crippen LogP contribution in [0.1, 0.15) is 35.2 Å². The minimum Gasteiger partial charge on any atom is -0.478 e. The number of anilines is 2. The van der Waals surface area contributed by atoms with Crippen LogP contribution in [0.4, 0.5) is 11.4 Å². The summed E-state index contributed by atoms with van der Waals surface area (Å²) >= 11 is 0. The molecule has 21 heavy (non-hydrogen) atoms. The van der Waals surface area contributed by atoms with Crippen LogP contribution in [-0.4, -0.2) is 48.2 Å². The fraction of sp³-hybridized carbons (Fsp3) is 0.562. The first kappa shape index (κ1) is 14.2. The second-order valence-electron chi connectivity index (χ2n) is 6.16. The molecule has 5 nitrogen and oxygen atoms in total. The van der Waals surface area contributed by atoms with E-state index in [4.69, 9.17) is 5.73 Å². The predicted molar refractivity (Wildman–Crippen MR) is 84.0 cm³/mol. The van der Waals surface area contributed by atoms with Crippen molar-refractivity contribution in [1.29, 1.82) is 0 Å². The number of carboxylic acid groups (broad SMARTS) is 1. The summed E-state index contributed by atoms with van der Waals surface area (Å²) in [7, 11) is 0. The maximum absolute atomic E-state index is 11.3. The van der Waals surface area contributed by atoms with Gasteiger partial charge in [-0.2, -0.15) is 0 Å². The van der Waals surface area contributed by atoms with Crippen molar-refractivity contribution >= 4 is 17.3 Å². The van der Waals surface area contributed by atoms with Gasteiger partial charge in [0, 0.05) is 30.5 Å². The zero-order valence-electron chi connectivity index (χ0n) is 12.5. The molecule has 3 N–H and O–H groups in total. The quantitative estimate of drug-likeness (QED) is 0.832. The number of benzene rings is 1. The van der Waals surface area contributed by atoms with Crippen LogP contribution in [0.3, 0.4) is 0 Å². The normalized spacial score (nSPS) is 22.9. The molecule has 1 unspecified atom stereocenters. The van der Waals surface area contributed by atoms with E-state index in [9.17, 15) is 9.90 Å². The zero-order chi connectivity index (χ0) is 15.0. The molecule has 2 fully saturated rings. The van der Waals surface area contributed by atoms with E-state index in [2.05, 4.69) is 9.80 Å². The first-order chi connectivity index (χ1) is 10.1. The van der Waals surface area contributed by atoms with Crippen LogP contribution in [0, 0.1) is 6.92 Å². The second-order valence-corrected chi connectivity index (χ2v) is 6.16. The molecule has 1 atom stereocenters. The van der Waals surface area contributed by atoms with Gasteiger partial charge in [0.05, 0.1) is 5.56 Å². The average Bonchev–Trinajstić information content (AvgIpc) is 3.10. The number of likely N-dealkylation sites (tertiary alicyclic amines) is 1. The Morgan fingerprint density at radius 2 is 2.00 bits per heavy atom. The highest BCUT2D eigenvalue weighted by Gasteiger charge is 2.29. The molecule has 0 spiro atoms. The second kappa shape index (κ2) is 5.56. The molecule has 0 aliphatic carbocycles. The number of carbonyl (C=O) groups is 1. The molecule has 0 bridgehead atoms. The van der Waals surface area contributed by atoms with Crippen molar-refractivity contribution in [2.75, 3.05) is 36.8 Å². The lowest BCUT2D eigenvalue weighted by Crippen LogP contribution is -2.35. The number of nitrogens with two attached hydrogens (primary N) is 1. The molecule has 1 aromatic carbocycles. The van der Waals surface area contributed by atoms with Gasteiger partial charge in [0.1, 0.15) is 0 Å². The smallest absolute Gasteiger partial charge is 0.337 e. The molecule has 2 aliphatic heterocycles. The molecule has 114 valence electrons. The predicted octanol–water partition coefficient (Wildman–Crippen LogP) is 1.95. The third-order valence-electron chi connectivity index (χ3n) is 4.79. The van der Waals surface area contributed by atoms with E-state index < -0.39 is 5.97 Å². The zero-order valence-corrected chi connectivity index (χ0v) is 12.5. The molecule has 1 aromatic rings. The molecule has 0 saturated carbocycles. The number of hydrogen-bond acceptors (Lipinski definition) is 4. The number of hydrogen-bond donors (Lipinski definition) is 2. The van der Waals surface area contributed by atoms with Gasteiger partial charge in [-0.25, -0.2) is 4.79 Å². The topological polar surface area (TPSA) is 69.8 Å². The highest BCUT2D eigenvalue weighted by Crippen LogP contribution is 2.29. The maximum Gasteiger partial charge on any atom is 0.337 e. The number of aromatic carboxylic acids is 1. The number of nitrogens with zero attached hydrogens (tertiary/aromatic N) is 2. The van der Waals surface area contributed by atoms with Gasteiger partial charge in [0.2, 0.25) is 0 Å². The minimum atomic E-state index is -0.951. The molecule has 2 heterocycles. The van der Waals surface area contributed by atoms with Gasteiger partial charge < -0.3 is 15.7 Å². The molecule has 5 heteroatoms. The third-order valence-corrected chi connectivity index (χ3v) is 4.79. The fourth-order valence-electron chi connectivity index (χ4n) is 3.52. The SMILES string of the molecule is Cc1cc(N2CCC(N3CCCC3)C2)cc(C(=O)O)c1N. The van der Waals surface area contributed by atoms with Crippen LogP contribution in [0.2, 0.25) is 0 Å². The molecular formula is C16H23N3O2. The molecule has 2 aliphatic rings. The molecule has 0 aromatic heterocycles. The van der Waals surface area contributed by atoms with Gasteiger partial charge in [0.15, 0.2) is 0 Å².